The van der Waals surface area contributed by atoms with E-state index in [1.54, 1.807) is 6.20 Å². The largest absolute Gasteiger partial charge is 0.480 e. The van der Waals surface area contributed by atoms with Gasteiger partial charge in [-0.25, -0.2) is 0 Å². The number of fused-ring (bicyclic) bond motifs is 1. The standard InChI is InChI=1S/C20H27N5O6S/c1-10(20(30)31)23-18(28)15(8-26)24-19(29)16(9-32)25-17(27)13(21)6-11-7-22-14-5-3-2-4-12(11)14/h2-5,7,10,13,15-16,22,26,32H,6,8-9,21H2,1H3,(H,23,28)(H,24,29)(H,25,27)(H,30,31). The van der Waals surface area contributed by atoms with Gasteiger partial charge >= 0.3 is 5.97 Å². The Labute approximate surface area is 189 Å². The number of aliphatic hydroxyl groups is 1. The Balaban J connectivity index is 1.96. The number of carbonyl (C=O) groups is 4. The zero-order valence-electron chi connectivity index (χ0n) is 17.4. The molecule has 0 aliphatic rings. The van der Waals surface area contributed by atoms with E-state index in [1.807, 2.05) is 24.3 Å². The van der Waals surface area contributed by atoms with Gasteiger partial charge in [-0.3, -0.25) is 19.2 Å². The third kappa shape index (κ3) is 6.45. The quantitative estimate of drug-likeness (QED) is 0.186. The van der Waals surface area contributed by atoms with Gasteiger partial charge < -0.3 is 36.9 Å². The van der Waals surface area contributed by atoms with Crippen LogP contribution in [0.3, 0.4) is 0 Å². The Morgan fingerprint density at radius 2 is 1.69 bits per heavy atom. The van der Waals surface area contributed by atoms with E-state index in [-0.39, 0.29) is 12.2 Å². The molecule has 4 atom stereocenters. The smallest absolute Gasteiger partial charge is 0.325 e. The Kier molecular flexibility index (Phi) is 9.05. The summed E-state index contributed by atoms with van der Waals surface area (Å²) in [6, 6.07) is 2.87. The van der Waals surface area contributed by atoms with Crippen molar-refractivity contribution >= 4 is 47.2 Å². The summed E-state index contributed by atoms with van der Waals surface area (Å²) in [5.41, 5.74) is 7.78. The second-order valence-corrected chi connectivity index (χ2v) is 7.59. The Morgan fingerprint density at radius 1 is 1.06 bits per heavy atom. The highest BCUT2D eigenvalue weighted by molar-refractivity contribution is 7.80. The molecule has 12 heteroatoms. The Hall–Kier alpha value is -3.09. The van der Waals surface area contributed by atoms with Crippen molar-refractivity contribution in [3.63, 3.8) is 0 Å². The zero-order chi connectivity index (χ0) is 23.8. The number of carboxylic acids is 1. The molecule has 3 amide bonds. The first kappa shape index (κ1) is 25.2. The van der Waals surface area contributed by atoms with Crippen LogP contribution < -0.4 is 21.7 Å². The van der Waals surface area contributed by atoms with E-state index >= 15 is 0 Å². The summed E-state index contributed by atoms with van der Waals surface area (Å²) in [6.07, 6.45) is 1.99. The number of aromatic nitrogens is 1. The number of benzene rings is 1. The molecule has 0 saturated heterocycles. The first-order valence-corrected chi connectivity index (χ1v) is 10.5. The third-order valence-corrected chi connectivity index (χ3v) is 5.18. The molecule has 0 bridgehead atoms. The number of carboxylic acid groups (broad SMARTS) is 1. The molecule has 8 N–H and O–H groups in total. The molecule has 2 rings (SSSR count). The molecular weight excluding hydrogens is 438 g/mol. The molecule has 0 radical (unpaired) electrons. The lowest BCUT2D eigenvalue weighted by Gasteiger charge is -2.22. The molecule has 0 aliphatic carbocycles. The van der Waals surface area contributed by atoms with Gasteiger partial charge in [0.2, 0.25) is 17.7 Å². The molecule has 174 valence electrons. The van der Waals surface area contributed by atoms with Crippen LogP contribution in [-0.4, -0.2) is 75.4 Å². The molecule has 11 nitrogen and oxygen atoms in total. The minimum absolute atomic E-state index is 0.0946. The van der Waals surface area contributed by atoms with Crippen molar-refractivity contribution in [3.8, 4) is 0 Å². The lowest BCUT2D eigenvalue weighted by Crippen LogP contribution is -2.58. The van der Waals surface area contributed by atoms with Gasteiger partial charge in [0.05, 0.1) is 12.6 Å². The number of rotatable bonds is 11. The molecule has 0 aliphatic heterocycles. The second-order valence-electron chi connectivity index (χ2n) is 7.23. The van der Waals surface area contributed by atoms with Gasteiger partial charge in [-0.15, -0.1) is 0 Å². The molecule has 4 unspecified atom stereocenters. The normalized spacial score (nSPS) is 14.8. The van der Waals surface area contributed by atoms with E-state index in [1.165, 1.54) is 6.92 Å². The van der Waals surface area contributed by atoms with Crippen molar-refractivity contribution in [2.75, 3.05) is 12.4 Å². The molecule has 1 aromatic heterocycles. The number of para-hydroxylation sites is 1. The molecule has 0 spiro atoms. The van der Waals surface area contributed by atoms with Crippen LogP contribution in [0.1, 0.15) is 12.5 Å². The monoisotopic (exact) mass is 465 g/mol. The fraction of sp³-hybridized carbons (Fsp3) is 0.400. The van der Waals surface area contributed by atoms with Crippen LogP contribution in [0.4, 0.5) is 0 Å². The van der Waals surface area contributed by atoms with E-state index in [4.69, 9.17) is 10.8 Å². The highest BCUT2D eigenvalue weighted by atomic mass is 32.1. The zero-order valence-corrected chi connectivity index (χ0v) is 18.3. The number of thiol groups is 1. The molecule has 1 heterocycles. The highest BCUT2D eigenvalue weighted by Crippen LogP contribution is 2.18. The van der Waals surface area contributed by atoms with Crippen molar-refractivity contribution in [2.45, 2.75) is 37.5 Å². The summed E-state index contributed by atoms with van der Waals surface area (Å²) in [7, 11) is 0. The van der Waals surface area contributed by atoms with Crippen LogP contribution in [-0.2, 0) is 25.6 Å². The fourth-order valence-corrected chi connectivity index (χ4v) is 3.20. The average molecular weight is 466 g/mol. The lowest BCUT2D eigenvalue weighted by atomic mass is 10.0. The van der Waals surface area contributed by atoms with Crippen LogP contribution in [0.5, 0.6) is 0 Å². The molecular formula is C20H27N5O6S. The van der Waals surface area contributed by atoms with Crippen LogP contribution in [0.15, 0.2) is 30.5 Å². The second kappa shape index (κ2) is 11.5. The molecule has 0 saturated carbocycles. The van der Waals surface area contributed by atoms with E-state index in [0.29, 0.717) is 0 Å². The first-order chi connectivity index (χ1) is 15.2. The number of H-pyrrole nitrogens is 1. The maximum Gasteiger partial charge on any atom is 0.325 e. The minimum Gasteiger partial charge on any atom is -0.480 e. The average Bonchev–Trinajstić information content (AvgIpc) is 3.17. The van der Waals surface area contributed by atoms with Crippen LogP contribution in [0.2, 0.25) is 0 Å². The minimum atomic E-state index is -1.40. The SMILES string of the molecule is CC(NC(=O)C(CO)NC(=O)C(CS)NC(=O)C(N)Cc1c[nH]c2ccccc12)C(=O)O. The van der Waals surface area contributed by atoms with E-state index in [0.717, 1.165) is 16.5 Å². The number of hydrogen-bond acceptors (Lipinski definition) is 7. The van der Waals surface area contributed by atoms with E-state index in [2.05, 4.69) is 33.6 Å². The molecule has 2 aromatic rings. The number of carbonyl (C=O) groups excluding carboxylic acids is 3. The predicted molar refractivity (Wildman–Crippen MR) is 120 cm³/mol. The summed E-state index contributed by atoms with van der Waals surface area (Å²) in [5.74, 6) is -3.61. The summed E-state index contributed by atoms with van der Waals surface area (Å²) in [6.45, 7) is 0.472. The Bertz CT molecular complexity index is 980. The number of aliphatic carboxylic acids is 1. The van der Waals surface area contributed by atoms with Gasteiger partial charge in [0.25, 0.3) is 0 Å². The topological polar surface area (TPSA) is 187 Å². The van der Waals surface area contributed by atoms with E-state index < -0.39 is 54.5 Å². The van der Waals surface area contributed by atoms with Gasteiger partial charge in [0.15, 0.2) is 0 Å². The predicted octanol–water partition coefficient (Wildman–Crippen LogP) is -1.48. The van der Waals surface area contributed by atoms with Crippen LogP contribution >= 0.6 is 12.6 Å². The summed E-state index contributed by atoms with van der Waals surface area (Å²) >= 11 is 4.06. The summed E-state index contributed by atoms with van der Waals surface area (Å²) < 4.78 is 0. The van der Waals surface area contributed by atoms with Crippen molar-refractivity contribution in [1.82, 2.24) is 20.9 Å². The van der Waals surface area contributed by atoms with Gasteiger partial charge in [0.1, 0.15) is 18.1 Å². The van der Waals surface area contributed by atoms with Gasteiger partial charge in [-0.1, -0.05) is 18.2 Å². The summed E-state index contributed by atoms with van der Waals surface area (Å²) in [4.78, 5) is 51.1. The molecule has 0 fully saturated rings. The highest BCUT2D eigenvalue weighted by Gasteiger charge is 2.28. The van der Waals surface area contributed by atoms with Gasteiger partial charge in [-0.2, -0.15) is 12.6 Å². The number of aromatic amines is 1. The van der Waals surface area contributed by atoms with Crippen LogP contribution in [0.25, 0.3) is 10.9 Å². The number of hydrogen-bond donors (Lipinski definition) is 8. The molecule has 1 aromatic carbocycles. The van der Waals surface area contributed by atoms with Crippen molar-refractivity contribution < 1.29 is 29.4 Å². The first-order valence-electron chi connectivity index (χ1n) is 9.84. The number of aliphatic hydroxyl groups excluding tert-OH is 1. The van der Waals surface area contributed by atoms with Crippen molar-refractivity contribution in [1.29, 1.82) is 0 Å². The Morgan fingerprint density at radius 3 is 2.31 bits per heavy atom. The fourth-order valence-electron chi connectivity index (χ4n) is 2.95. The molecule has 32 heavy (non-hydrogen) atoms. The third-order valence-electron chi connectivity index (χ3n) is 4.81. The number of amides is 3. The van der Waals surface area contributed by atoms with Gasteiger partial charge in [0, 0.05) is 22.9 Å². The van der Waals surface area contributed by atoms with Gasteiger partial charge in [-0.05, 0) is 25.0 Å². The maximum atomic E-state index is 12.5. The van der Waals surface area contributed by atoms with Crippen molar-refractivity contribution in [2.24, 2.45) is 5.73 Å². The summed E-state index contributed by atoms with van der Waals surface area (Å²) in [5, 5.41) is 26.1. The number of nitrogens with one attached hydrogen (secondary N) is 4. The van der Waals surface area contributed by atoms with E-state index in [9.17, 15) is 24.3 Å². The lowest BCUT2D eigenvalue weighted by molar-refractivity contribution is -0.142. The number of nitrogens with two attached hydrogens (primary N) is 1. The van der Waals surface area contributed by atoms with Crippen molar-refractivity contribution in [3.05, 3.63) is 36.0 Å². The maximum absolute atomic E-state index is 12.5. The van der Waals surface area contributed by atoms with Crippen LogP contribution in [0, 0.1) is 0 Å².